The second-order valence-corrected chi connectivity index (χ2v) is 5.82. The van der Waals surface area contributed by atoms with Gasteiger partial charge in [0.1, 0.15) is 23.8 Å². The molecule has 0 bridgehead atoms. The molecule has 0 unspecified atom stereocenters. The smallest absolute Gasteiger partial charge is 0.159 e. The maximum Gasteiger partial charge on any atom is 0.159 e. The average molecular weight is 350 g/mol. The largest absolute Gasteiger partial charge is 0.370 e. The Morgan fingerprint density at radius 1 is 1.04 bits per heavy atom. The lowest BCUT2D eigenvalue weighted by atomic mass is 10.1. The van der Waals surface area contributed by atoms with Crippen LogP contribution in [0.1, 0.15) is 22.8 Å². The van der Waals surface area contributed by atoms with Gasteiger partial charge in [-0.3, -0.25) is 4.79 Å². The Morgan fingerprint density at radius 3 is 2.65 bits per heavy atom. The molecule has 0 spiro atoms. The average Bonchev–Trinajstić information content (AvgIpc) is 2.64. The van der Waals surface area contributed by atoms with Crippen LogP contribution in [0.15, 0.2) is 60.9 Å². The van der Waals surface area contributed by atoms with E-state index < -0.39 is 0 Å². The molecule has 2 aromatic carbocycles. The van der Waals surface area contributed by atoms with Gasteiger partial charge in [-0.15, -0.1) is 0 Å². The highest BCUT2D eigenvalue weighted by Gasteiger charge is 2.04. The van der Waals surface area contributed by atoms with Crippen molar-refractivity contribution in [2.45, 2.75) is 13.3 Å². The number of anilines is 3. The van der Waals surface area contributed by atoms with Crippen LogP contribution >= 0.6 is 0 Å². The van der Waals surface area contributed by atoms with E-state index in [9.17, 15) is 9.18 Å². The topological polar surface area (TPSA) is 66.9 Å². The SMILES string of the molecule is CC(=O)c1cccc(Nc2cc(NCCc3ccccc3F)ncn2)c1. The van der Waals surface area contributed by atoms with Crippen molar-refractivity contribution in [2.75, 3.05) is 17.2 Å². The van der Waals surface area contributed by atoms with Gasteiger partial charge in [-0.2, -0.15) is 0 Å². The van der Waals surface area contributed by atoms with Crippen molar-refractivity contribution in [2.24, 2.45) is 0 Å². The van der Waals surface area contributed by atoms with Crippen molar-refractivity contribution in [3.8, 4) is 0 Å². The number of nitrogens with one attached hydrogen (secondary N) is 2. The molecular formula is C20H19FN4O. The van der Waals surface area contributed by atoms with Gasteiger partial charge < -0.3 is 10.6 Å². The molecule has 0 amide bonds. The van der Waals surface area contributed by atoms with E-state index in [1.807, 2.05) is 18.2 Å². The van der Waals surface area contributed by atoms with E-state index >= 15 is 0 Å². The van der Waals surface area contributed by atoms with E-state index in [1.165, 1.54) is 19.3 Å². The highest BCUT2D eigenvalue weighted by molar-refractivity contribution is 5.95. The molecule has 3 aromatic rings. The normalized spacial score (nSPS) is 10.4. The molecule has 0 atom stereocenters. The van der Waals surface area contributed by atoms with Gasteiger partial charge in [-0.25, -0.2) is 14.4 Å². The molecule has 0 saturated heterocycles. The molecule has 1 aromatic heterocycles. The summed E-state index contributed by atoms with van der Waals surface area (Å²) in [5, 5.41) is 6.32. The van der Waals surface area contributed by atoms with Gasteiger partial charge in [-0.05, 0) is 37.1 Å². The van der Waals surface area contributed by atoms with E-state index in [4.69, 9.17) is 0 Å². The molecule has 1 heterocycles. The Kier molecular flexibility index (Phi) is 5.53. The fourth-order valence-corrected chi connectivity index (χ4v) is 2.51. The second kappa shape index (κ2) is 8.20. The molecule has 0 saturated carbocycles. The summed E-state index contributed by atoms with van der Waals surface area (Å²) in [7, 11) is 0. The number of rotatable bonds is 7. The van der Waals surface area contributed by atoms with Gasteiger partial charge in [0.2, 0.25) is 0 Å². The summed E-state index contributed by atoms with van der Waals surface area (Å²) < 4.78 is 13.6. The molecule has 2 N–H and O–H groups in total. The van der Waals surface area contributed by atoms with Crippen LogP contribution in [-0.4, -0.2) is 22.3 Å². The zero-order valence-electron chi connectivity index (χ0n) is 14.4. The third kappa shape index (κ3) is 4.63. The minimum atomic E-state index is -0.204. The number of aromatic nitrogens is 2. The van der Waals surface area contributed by atoms with E-state index in [0.29, 0.717) is 35.7 Å². The number of hydrogen-bond donors (Lipinski definition) is 2. The molecule has 132 valence electrons. The molecule has 0 radical (unpaired) electrons. The van der Waals surface area contributed by atoms with Crippen LogP contribution in [0.3, 0.4) is 0 Å². The van der Waals surface area contributed by atoms with Crippen molar-refractivity contribution in [1.29, 1.82) is 0 Å². The number of hydrogen-bond acceptors (Lipinski definition) is 5. The first-order valence-electron chi connectivity index (χ1n) is 8.29. The predicted molar refractivity (Wildman–Crippen MR) is 100 cm³/mol. The lowest BCUT2D eigenvalue weighted by molar-refractivity contribution is 0.101. The van der Waals surface area contributed by atoms with Gasteiger partial charge in [0.05, 0.1) is 0 Å². The highest BCUT2D eigenvalue weighted by Crippen LogP contribution is 2.18. The Morgan fingerprint density at radius 2 is 1.85 bits per heavy atom. The Balaban J connectivity index is 1.62. The molecule has 3 rings (SSSR count). The van der Waals surface area contributed by atoms with Crippen molar-refractivity contribution >= 4 is 23.1 Å². The Hall–Kier alpha value is -3.28. The molecule has 6 heteroatoms. The predicted octanol–water partition coefficient (Wildman–Crippen LogP) is 4.22. The minimum absolute atomic E-state index is 0.00633. The molecule has 0 fully saturated rings. The number of benzene rings is 2. The fraction of sp³-hybridized carbons (Fsp3) is 0.150. The number of ketones is 1. The lowest BCUT2D eigenvalue weighted by Crippen LogP contribution is -2.08. The standard InChI is InChI=1S/C20H19FN4O/c1-14(26)16-6-4-7-17(11-16)25-20-12-19(23-13-24-20)22-10-9-15-5-2-3-8-18(15)21/h2-8,11-13H,9-10H2,1H3,(H2,22,23,24,25). The molecule has 5 nitrogen and oxygen atoms in total. The van der Waals surface area contributed by atoms with Crippen LogP contribution in [0.4, 0.5) is 21.7 Å². The monoisotopic (exact) mass is 350 g/mol. The first-order chi connectivity index (χ1) is 12.6. The number of carbonyl (C=O) groups is 1. The summed E-state index contributed by atoms with van der Waals surface area (Å²) in [6.45, 7) is 2.08. The third-order valence-electron chi connectivity index (χ3n) is 3.87. The molecular weight excluding hydrogens is 331 g/mol. The number of halogens is 1. The molecule has 26 heavy (non-hydrogen) atoms. The summed E-state index contributed by atoms with van der Waals surface area (Å²) in [4.78, 5) is 19.8. The number of nitrogens with zero attached hydrogens (tertiary/aromatic N) is 2. The van der Waals surface area contributed by atoms with Gasteiger partial charge in [0.15, 0.2) is 5.78 Å². The van der Waals surface area contributed by atoms with Gasteiger partial charge in [0.25, 0.3) is 0 Å². The van der Waals surface area contributed by atoms with Crippen LogP contribution in [0.25, 0.3) is 0 Å². The Bertz CT molecular complexity index is 914. The number of carbonyl (C=O) groups excluding carboxylic acids is 1. The van der Waals surface area contributed by atoms with Gasteiger partial charge in [0, 0.05) is 23.9 Å². The molecule has 0 aliphatic heterocycles. The Labute approximate surface area is 151 Å². The van der Waals surface area contributed by atoms with Crippen molar-refractivity contribution in [1.82, 2.24) is 9.97 Å². The molecule has 0 aliphatic carbocycles. The maximum atomic E-state index is 13.6. The quantitative estimate of drug-likeness (QED) is 0.625. The van der Waals surface area contributed by atoms with E-state index in [2.05, 4.69) is 20.6 Å². The minimum Gasteiger partial charge on any atom is -0.370 e. The van der Waals surface area contributed by atoms with E-state index in [0.717, 1.165) is 5.69 Å². The zero-order chi connectivity index (χ0) is 18.4. The summed E-state index contributed by atoms with van der Waals surface area (Å²) >= 11 is 0. The van der Waals surface area contributed by atoms with E-state index in [-0.39, 0.29) is 11.6 Å². The van der Waals surface area contributed by atoms with Gasteiger partial charge in [-0.1, -0.05) is 30.3 Å². The van der Waals surface area contributed by atoms with E-state index in [1.54, 1.807) is 30.3 Å². The first-order valence-corrected chi connectivity index (χ1v) is 8.29. The number of Topliss-reactive ketones (excluding diaryl/α,β-unsaturated/α-hetero) is 1. The molecule has 0 aliphatic rings. The van der Waals surface area contributed by atoms with Crippen molar-refractivity contribution < 1.29 is 9.18 Å². The first kappa shape index (κ1) is 17.5. The maximum absolute atomic E-state index is 13.6. The van der Waals surface area contributed by atoms with Gasteiger partial charge >= 0.3 is 0 Å². The zero-order valence-corrected chi connectivity index (χ0v) is 14.4. The fourth-order valence-electron chi connectivity index (χ4n) is 2.51. The lowest BCUT2D eigenvalue weighted by Gasteiger charge is -2.09. The van der Waals surface area contributed by atoms with Crippen LogP contribution in [0.2, 0.25) is 0 Å². The van der Waals surface area contributed by atoms with Crippen molar-refractivity contribution in [3.63, 3.8) is 0 Å². The summed E-state index contributed by atoms with van der Waals surface area (Å²) in [6.07, 6.45) is 2.00. The van der Waals surface area contributed by atoms with Crippen LogP contribution in [0, 0.1) is 5.82 Å². The summed E-state index contributed by atoms with van der Waals surface area (Å²) in [6, 6.07) is 15.7. The third-order valence-corrected chi connectivity index (χ3v) is 3.87. The summed E-state index contributed by atoms with van der Waals surface area (Å²) in [5.74, 6) is 1.05. The second-order valence-electron chi connectivity index (χ2n) is 5.82. The van der Waals surface area contributed by atoms with Crippen molar-refractivity contribution in [3.05, 3.63) is 77.9 Å². The van der Waals surface area contributed by atoms with Crippen LogP contribution < -0.4 is 10.6 Å². The van der Waals surface area contributed by atoms with Crippen LogP contribution in [0.5, 0.6) is 0 Å². The highest BCUT2D eigenvalue weighted by atomic mass is 19.1. The summed E-state index contributed by atoms with van der Waals surface area (Å²) in [5.41, 5.74) is 2.06. The van der Waals surface area contributed by atoms with Crippen LogP contribution in [-0.2, 0) is 6.42 Å².